The molecule has 0 saturated heterocycles. The fourth-order valence-corrected chi connectivity index (χ4v) is 1.44. The molecular weight excluding hydrogens is 248 g/mol. The lowest BCUT2D eigenvalue weighted by molar-refractivity contribution is 0.112. The molecule has 1 heterocycles. The van der Waals surface area contributed by atoms with Gasteiger partial charge < -0.3 is 0 Å². The molecule has 0 amide bonds. The molecule has 0 aliphatic heterocycles. The number of carbonyl (C=O) groups is 1. The third-order valence-electron chi connectivity index (χ3n) is 1.72. The SMILES string of the molecule is O=Cc1ccc(Br)cc1-n1cnnn1. The molecule has 14 heavy (non-hydrogen) atoms. The van der Waals surface area contributed by atoms with Crippen LogP contribution in [0.3, 0.4) is 0 Å². The Labute approximate surface area is 87.9 Å². The summed E-state index contributed by atoms with van der Waals surface area (Å²) in [5.41, 5.74) is 1.19. The Hall–Kier alpha value is -1.56. The molecule has 0 radical (unpaired) electrons. The van der Waals surface area contributed by atoms with E-state index in [9.17, 15) is 4.79 Å². The molecule has 0 unspecified atom stereocenters. The van der Waals surface area contributed by atoms with Gasteiger partial charge in [0.2, 0.25) is 0 Å². The molecule has 1 aromatic heterocycles. The number of carbonyl (C=O) groups excluding carboxylic acids is 1. The number of benzene rings is 1. The van der Waals surface area contributed by atoms with Crippen LogP contribution in [0.25, 0.3) is 5.69 Å². The van der Waals surface area contributed by atoms with E-state index < -0.39 is 0 Å². The smallest absolute Gasteiger partial charge is 0.152 e. The Balaban J connectivity index is 2.61. The van der Waals surface area contributed by atoms with Crippen molar-refractivity contribution in [3.63, 3.8) is 0 Å². The fourth-order valence-electron chi connectivity index (χ4n) is 1.09. The summed E-state index contributed by atoms with van der Waals surface area (Å²) in [5, 5.41) is 10.7. The highest BCUT2D eigenvalue weighted by atomic mass is 79.9. The second-order valence-electron chi connectivity index (χ2n) is 2.58. The summed E-state index contributed by atoms with van der Waals surface area (Å²) in [5.74, 6) is 0. The highest BCUT2D eigenvalue weighted by Crippen LogP contribution is 2.17. The van der Waals surface area contributed by atoms with Gasteiger partial charge in [-0.3, -0.25) is 4.79 Å². The van der Waals surface area contributed by atoms with Gasteiger partial charge in [-0.05, 0) is 28.6 Å². The second-order valence-corrected chi connectivity index (χ2v) is 3.49. The van der Waals surface area contributed by atoms with E-state index in [2.05, 4.69) is 31.5 Å². The van der Waals surface area contributed by atoms with Gasteiger partial charge in [0, 0.05) is 10.0 Å². The Kier molecular flexibility index (Phi) is 2.36. The molecule has 2 aromatic rings. The van der Waals surface area contributed by atoms with Gasteiger partial charge in [-0.25, -0.2) is 0 Å². The molecule has 0 bridgehead atoms. The third-order valence-corrected chi connectivity index (χ3v) is 2.21. The van der Waals surface area contributed by atoms with Crippen LogP contribution in [0.5, 0.6) is 0 Å². The van der Waals surface area contributed by atoms with E-state index in [-0.39, 0.29) is 0 Å². The van der Waals surface area contributed by atoms with Crippen LogP contribution in [0.1, 0.15) is 10.4 Å². The van der Waals surface area contributed by atoms with Gasteiger partial charge in [0.1, 0.15) is 6.33 Å². The number of halogens is 1. The normalized spacial score (nSPS) is 10.1. The Morgan fingerprint density at radius 3 is 2.93 bits per heavy atom. The van der Waals surface area contributed by atoms with E-state index in [1.54, 1.807) is 18.2 Å². The Morgan fingerprint density at radius 2 is 2.29 bits per heavy atom. The summed E-state index contributed by atoms with van der Waals surface area (Å²) in [6.07, 6.45) is 2.21. The number of hydrogen-bond acceptors (Lipinski definition) is 4. The maximum Gasteiger partial charge on any atom is 0.152 e. The molecule has 0 atom stereocenters. The van der Waals surface area contributed by atoms with Crippen molar-refractivity contribution in [1.29, 1.82) is 0 Å². The molecule has 0 saturated carbocycles. The largest absolute Gasteiger partial charge is 0.298 e. The quantitative estimate of drug-likeness (QED) is 0.755. The van der Waals surface area contributed by atoms with Crippen LogP contribution in [-0.4, -0.2) is 26.5 Å². The monoisotopic (exact) mass is 252 g/mol. The minimum atomic E-state index is 0.542. The number of aromatic nitrogens is 4. The molecule has 0 aliphatic rings. The van der Waals surface area contributed by atoms with E-state index in [0.29, 0.717) is 11.3 Å². The molecule has 2 rings (SSSR count). The highest BCUT2D eigenvalue weighted by molar-refractivity contribution is 9.10. The standard InChI is InChI=1S/C8H5BrN4O/c9-7-2-1-6(4-14)8(3-7)13-5-10-11-12-13/h1-5H. The predicted molar refractivity (Wildman–Crippen MR) is 52.2 cm³/mol. The summed E-state index contributed by atoms with van der Waals surface area (Å²) >= 11 is 3.31. The zero-order valence-electron chi connectivity index (χ0n) is 6.96. The summed E-state index contributed by atoms with van der Waals surface area (Å²) in [7, 11) is 0. The van der Waals surface area contributed by atoms with Crippen LogP contribution in [-0.2, 0) is 0 Å². The molecule has 5 nitrogen and oxygen atoms in total. The first-order valence-corrected chi connectivity index (χ1v) is 4.58. The van der Waals surface area contributed by atoms with Crippen LogP contribution in [0, 0.1) is 0 Å². The maximum absolute atomic E-state index is 10.7. The predicted octanol–water partition coefficient (Wildman–Crippen LogP) is 1.24. The van der Waals surface area contributed by atoms with Crippen LogP contribution < -0.4 is 0 Å². The summed E-state index contributed by atoms with van der Waals surface area (Å²) < 4.78 is 2.31. The van der Waals surface area contributed by atoms with Gasteiger partial charge in [0.15, 0.2) is 6.29 Å². The number of aldehydes is 1. The van der Waals surface area contributed by atoms with E-state index in [4.69, 9.17) is 0 Å². The lowest BCUT2D eigenvalue weighted by Crippen LogP contribution is -1.99. The molecule has 0 spiro atoms. The van der Waals surface area contributed by atoms with Gasteiger partial charge in [0.25, 0.3) is 0 Å². The first-order valence-electron chi connectivity index (χ1n) is 3.79. The topological polar surface area (TPSA) is 60.7 Å². The molecule has 70 valence electrons. The van der Waals surface area contributed by atoms with Crippen molar-refractivity contribution < 1.29 is 4.79 Å². The molecular formula is C8H5BrN4O. The number of nitrogens with zero attached hydrogens (tertiary/aromatic N) is 4. The molecule has 1 aromatic carbocycles. The van der Waals surface area contributed by atoms with E-state index in [1.807, 2.05) is 0 Å². The Morgan fingerprint density at radius 1 is 1.43 bits per heavy atom. The maximum atomic E-state index is 10.7. The van der Waals surface area contributed by atoms with Crippen molar-refractivity contribution in [3.8, 4) is 5.69 Å². The molecule has 0 fully saturated rings. The van der Waals surface area contributed by atoms with Crippen molar-refractivity contribution in [2.24, 2.45) is 0 Å². The lowest BCUT2D eigenvalue weighted by Gasteiger charge is -2.02. The first-order chi connectivity index (χ1) is 6.81. The highest BCUT2D eigenvalue weighted by Gasteiger charge is 2.05. The van der Waals surface area contributed by atoms with Gasteiger partial charge in [-0.2, -0.15) is 4.68 Å². The van der Waals surface area contributed by atoms with E-state index in [1.165, 1.54) is 11.0 Å². The summed E-state index contributed by atoms with van der Waals surface area (Å²) in [4.78, 5) is 10.7. The minimum absolute atomic E-state index is 0.542. The number of tetrazole rings is 1. The van der Waals surface area contributed by atoms with Crippen molar-refractivity contribution >= 4 is 22.2 Å². The van der Waals surface area contributed by atoms with Gasteiger partial charge >= 0.3 is 0 Å². The molecule has 0 N–H and O–H groups in total. The van der Waals surface area contributed by atoms with Crippen LogP contribution in [0.15, 0.2) is 29.0 Å². The average molecular weight is 253 g/mol. The minimum Gasteiger partial charge on any atom is -0.298 e. The van der Waals surface area contributed by atoms with Crippen molar-refractivity contribution in [3.05, 3.63) is 34.6 Å². The lowest BCUT2D eigenvalue weighted by atomic mass is 10.2. The average Bonchev–Trinajstić information content (AvgIpc) is 2.70. The first kappa shape index (κ1) is 9.01. The summed E-state index contributed by atoms with van der Waals surface area (Å²) in [6.45, 7) is 0. The van der Waals surface area contributed by atoms with E-state index >= 15 is 0 Å². The van der Waals surface area contributed by atoms with Gasteiger partial charge in [-0.15, -0.1) is 5.10 Å². The molecule has 0 aliphatic carbocycles. The second kappa shape index (κ2) is 3.67. The number of rotatable bonds is 2. The van der Waals surface area contributed by atoms with Crippen molar-refractivity contribution in [1.82, 2.24) is 20.2 Å². The zero-order chi connectivity index (χ0) is 9.97. The number of hydrogen-bond donors (Lipinski definition) is 0. The van der Waals surface area contributed by atoms with Crippen molar-refractivity contribution in [2.75, 3.05) is 0 Å². The van der Waals surface area contributed by atoms with Crippen LogP contribution in [0.2, 0.25) is 0 Å². The molecule has 6 heteroatoms. The van der Waals surface area contributed by atoms with Gasteiger partial charge in [-0.1, -0.05) is 15.9 Å². The van der Waals surface area contributed by atoms with Gasteiger partial charge in [0.05, 0.1) is 5.69 Å². The fraction of sp³-hybridized carbons (Fsp3) is 0. The summed E-state index contributed by atoms with van der Waals surface area (Å²) in [6, 6.07) is 5.27. The van der Waals surface area contributed by atoms with Crippen molar-refractivity contribution in [2.45, 2.75) is 0 Å². The van der Waals surface area contributed by atoms with Crippen LogP contribution >= 0.6 is 15.9 Å². The van der Waals surface area contributed by atoms with Crippen LogP contribution in [0.4, 0.5) is 0 Å². The third kappa shape index (κ3) is 1.56. The Bertz CT molecular complexity index is 454. The zero-order valence-corrected chi connectivity index (χ0v) is 8.55. The van der Waals surface area contributed by atoms with E-state index in [0.717, 1.165) is 10.8 Å².